The second kappa shape index (κ2) is 6.05. The maximum Gasteiger partial charge on any atom is 0.250 e. The second-order valence-corrected chi connectivity index (χ2v) is 3.94. The summed E-state index contributed by atoms with van der Waals surface area (Å²) in [6.07, 6.45) is 1.50. The molecule has 0 spiro atoms. The average molecular weight is 261 g/mol. The van der Waals surface area contributed by atoms with Gasteiger partial charge in [-0.25, -0.2) is 4.68 Å². The monoisotopic (exact) mass is 261 g/mol. The molecule has 0 aliphatic carbocycles. The molecule has 0 atom stereocenters. The quantitative estimate of drug-likeness (QED) is 0.866. The van der Waals surface area contributed by atoms with E-state index in [1.54, 1.807) is 0 Å². The SMILES string of the molecule is CCOCC(=O)Nc1cc(-n2cnnn2)ccc1C. The summed E-state index contributed by atoms with van der Waals surface area (Å²) >= 11 is 0. The van der Waals surface area contributed by atoms with E-state index in [-0.39, 0.29) is 12.5 Å². The largest absolute Gasteiger partial charge is 0.372 e. The molecule has 0 radical (unpaired) electrons. The van der Waals surface area contributed by atoms with Crippen LogP contribution in [-0.4, -0.2) is 39.3 Å². The number of ether oxygens (including phenoxy) is 1. The molecular weight excluding hydrogens is 246 g/mol. The number of benzene rings is 1. The summed E-state index contributed by atoms with van der Waals surface area (Å²) in [6.45, 7) is 4.32. The second-order valence-electron chi connectivity index (χ2n) is 3.94. The number of aromatic nitrogens is 4. The van der Waals surface area contributed by atoms with Gasteiger partial charge in [-0.05, 0) is 42.0 Å². The normalized spacial score (nSPS) is 10.4. The molecule has 19 heavy (non-hydrogen) atoms. The van der Waals surface area contributed by atoms with E-state index in [0.717, 1.165) is 16.9 Å². The van der Waals surface area contributed by atoms with Crippen molar-refractivity contribution in [1.82, 2.24) is 20.2 Å². The Hall–Kier alpha value is -2.28. The minimum absolute atomic E-state index is 0.0467. The molecule has 1 heterocycles. The zero-order valence-corrected chi connectivity index (χ0v) is 10.8. The number of carbonyl (C=O) groups excluding carboxylic acids is 1. The third-order valence-corrected chi connectivity index (χ3v) is 2.55. The Morgan fingerprint density at radius 3 is 3.00 bits per heavy atom. The van der Waals surface area contributed by atoms with Gasteiger partial charge in [-0.1, -0.05) is 6.07 Å². The minimum atomic E-state index is -0.182. The Morgan fingerprint density at radius 1 is 1.47 bits per heavy atom. The van der Waals surface area contributed by atoms with Crippen molar-refractivity contribution in [3.63, 3.8) is 0 Å². The number of nitrogens with one attached hydrogen (secondary N) is 1. The summed E-state index contributed by atoms with van der Waals surface area (Å²) in [7, 11) is 0. The fraction of sp³-hybridized carbons (Fsp3) is 0.333. The van der Waals surface area contributed by atoms with Crippen LogP contribution < -0.4 is 5.32 Å². The van der Waals surface area contributed by atoms with Crippen LogP contribution in [0, 0.1) is 6.92 Å². The van der Waals surface area contributed by atoms with Gasteiger partial charge in [-0.15, -0.1) is 5.10 Å². The fourth-order valence-electron chi connectivity index (χ4n) is 1.55. The summed E-state index contributed by atoms with van der Waals surface area (Å²) in [5.41, 5.74) is 2.46. The maximum absolute atomic E-state index is 11.6. The third-order valence-electron chi connectivity index (χ3n) is 2.55. The van der Waals surface area contributed by atoms with Crippen LogP contribution in [0.5, 0.6) is 0 Å². The number of rotatable bonds is 5. The number of amides is 1. The Labute approximate surface area is 110 Å². The van der Waals surface area contributed by atoms with E-state index < -0.39 is 0 Å². The van der Waals surface area contributed by atoms with Gasteiger partial charge >= 0.3 is 0 Å². The number of aryl methyl sites for hydroxylation is 1. The van der Waals surface area contributed by atoms with Gasteiger partial charge in [0.25, 0.3) is 0 Å². The molecule has 0 bridgehead atoms. The molecule has 1 N–H and O–H groups in total. The molecule has 0 aliphatic rings. The van der Waals surface area contributed by atoms with Crippen molar-refractivity contribution in [2.45, 2.75) is 13.8 Å². The first-order valence-corrected chi connectivity index (χ1v) is 5.92. The summed E-state index contributed by atoms with van der Waals surface area (Å²) < 4.78 is 6.59. The Kier molecular flexibility index (Phi) is 4.19. The molecule has 7 heteroatoms. The van der Waals surface area contributed by atoms with E-state index >= 15 is 0 Å². The molecule has 1 amide bonds. The van der Waals surface area contributed by atoms with Crippen LogP contribution in [0.1, 0.15) is 12.5 Å². The number of tetrazole rings is 1. The highest BCUT2D eigenvalue weighted by atomic mass is 16.5. The van der Waals surface area contributed by atoms with E-state index in [4.69, 9.17) is 4.74 Å². The van der Waals surface area contributed by atoms with Crippen molar-refractivity contribution in [3.8, 4) is 5.69 Å². The summed E-state index contributed by atoms with van der Waals surface area (Å²) in [5, 5.41) is 13.8. The first-order valence-electron chi connectivity index (χ1n) is 5.92. The average Bonchev–Trinajstić information content (AvgIpc) is 2.93. The molecule has 2 aromatic rings. The summed E-state index contributed by atoms with van der Waals surface area (Å²) in [4.78, 5) is 11.6. The van der Waals surface area contributed by atoms with E-state index in [0.29, 0.717) is 6.61 Å². The zero-order chi connectivity index (χ0) is 13.7. The molecule has 0 unspecified atom stereocenters. The molecule has 1 aromatic carbocycles. The number of hydrogen-bond donors (Lipinski definition) is 1. The molecule has 1 aromatic heterocycles. The predicted octanol–water partition coefficient (Wildman–Crippen LogP) is 0.946. The molecule has 0 fully saturated rings. The van der Waals surface area contributed by atoms with Crippen molar-refractivity contribution in [1.29, 1.82) is 0 Å². The number of nitrogens with zero attached hydrogens (tertiary/aromatic N) is 4. The van der Waals surface area contributed by atoms with E-state index in [1.807, 2.05) is 32.0 Å². The van der Waals surface area contributed by atoms with Gasteiger partial charge in [0, 0.05) is 12.3 Å². The van der Waals surface area contributed by atoms with Crippen molar-refractivity contribution in [2.75, 3.05) is 18.5 Å². The van der Waals surface area contributed by atoms with Crippen molar-refractivity contribution in [2.24, 2.45) is 0 Å². The van der Waals surface area contributed by atoms with E-state index in [1.165, 1.54) is 11.0 Å². The lowest BCUT2D eigenvalue weighted by atomic mass is 10.2. The summed E-state index contributed by atoms with van der Waals surface area (Å²) in [5.74, 6) is -0.182. The van der Waals surface area contributed by atoms with Crippen LogP contribution in [0.4, 0.5) is 5.69 Å². The van der Waals surface area contributed by atoms with Gasteiger partial charge in [0.1, 0.15) is 12.9 Å². The lowest BCUT2D eigenvalue weighted by Crippen LogP contribution is -2.19. The lowest BCUT2D eigenvalue weighted by molar-refractivity contribution is -0.120. The fourth-order valence-corrected chi connectivity index (χ4v) is 1.55. The highest BCUT2D eigenvalue weighted by molar-refractivity contribution is 5.92. The van der Waals surface area contributed by atoms with Gasteiger partial charge in [0.2, 0.25) is 5.91 Å². The van der Waals surface area contributed by atoms with Gasteiger partial charge in [0.05, 0.1) is 5.69 Å². The number of carbonyl (C=O) groups is 1. The van der Waals surface area contributed by atoms with Gasteiger partial charge in [-0.2, -0.15) is 0 Å². The zero-order valence-electron chi connectivity index (χ0n) is 10.8. The van der Waals surface area contributed by atoms with Crippen LogP contribution in [0.25, 0.3) is 5.69 Å². The van der Waals surface area contributed by atoms with Crippen LogP contribution in [-0.2, 0) is 9.53 Å². The van der Waals surface area contributed by atoms with Crippen molar-refractivity contribution < 1.29 is 9.53 Å². The molecule has 0 aliphatic heterocycles. The van der Waals surface area contributed by atoms with Crippen LogP contribution in [0.15, 0.2) is 24.5 Å². The lowest BCUT2D eigenvalue weighted by Gasteiger charge is -2.10. The molecular formula is C12H15N5O2. The third kappa shape index (κ3) is 3.35. The van der Waals surface area contributed by atoms with Crippen LogP contribution in [0.2, 0.25) is 0 Å². The predicted molar refractivity (Wildman–Crippen MR) is 69.0 cm³/mol. The van der Waals surface area contributed by atoms with Gasteiger partial charge < -0.3 is 10.1 Å². The highest BCUT2D eigenvalue weighted by Gasteiger charge is 2.07. The minimum Gasteiger partial charge on any atom is -0.372 e. The first-order chi connectivity index (χ1) is 9.20. The topological polar surface area (TPSA) is 81.9 Å². The van der Waals surface area contributed by atoms with Gasteiger partial charge in [-0.3, -0.25) is 4.79 Å². The van der Waals surface area contributed by atoms with Crippen molar-refractivity contribution in [3.05, 3.63) is 30.1 Å². The Balaban J connectivity index is 2.16. The molecule has 7 nitrogen and oxygen atoms in total. The van der Waals surface area contributed by atoms with Gasteiger partial charge in [0.15, 0.2) is 0 Å². The first kappa shape index (κ1) is 13.2. The molecule has 2 rings (SSSR count). The maximum atomic E-state index is 11.6. The highest BCUT2D eigenvalue weighted by Crippen LogP contribution is 2.18. The molecule has 0 saturated carbocycles. The van der Waals surface area contributed by atoms with Crippen LogP contribution >= 0.6 is 0 Å². The molecule has 100 valence electrons. The van der Waals surface area contributed by atoms with Crippen molar-refractivity contribution >= 4 is 11.6 Å². The van der Waals surface area contributed by atoms with E-state index in [9.17, 15) is 4.79 Å². The standard InChI is InChI=1S/C12H15N5O2/c1-3-19-7-12(18)14-11-6-10(5-4-9(11)2)17-8-13-15-16-17/h4-6,8H,3,7H2,1-2H3,(H,14,18). The Bertz CT molecular complexity index is 553. The smallest absolute Gasteiger partial charge is 0.250 e. The molecule has 0 saturated heterocycles. The number of hydrogen-bond acceptors (Lipinski definition) is 5. The number of anilines is 1. The van der Waals surface area contributed by atoms with Crippen LogP contribution in [0.3, 0.4) is 0 Å². The van der Waals surface area contributed by atoms with E-state index in [2.05, 4.69) is 20.8 Å². The summed E-state index contributed by atoms with van der Waals surface area (Å²) in [6, 6.07) is 5.59. The Morgan fingerprint density at radius 2 is 2.32 bits per heavy atom.